The molecule has 1 fully saturated rings. The van der Waals surface area contributed by atoms with Crippen LogP contribution in [-0.2, 0) is 4.79 Å². The van der Waals surface area contributed by atoms with E-state index >= 15 is 0 Å². The minimum atomic E-state index is -0.901. The normalized spacial score (nSPS) is 16.8. The molecule has 2 rings (SSSR count). The fraction of sp³-hybridized carbons (Fsp3) is 0.500. The van der Waals surface area contributed by atoms with Crippen LogP contribution in [0.15, 0.2) is 10.9 Å². The van der Waals surface area contributed by atoms with Crippen LogP contribution in [0.5, 0.6) is 0 Å². The summed E-state index contributed by atoms with van der Waals surface area (Å²) < 4.78 is 0. The van der Waals surface area contributed by atoms with Gasteiger partial charge in [0, 0.05) is 6.07 Å². The Labute approximate surface area is 91.7 Å². The second-order valence-electron chi connectivity index (χ2n) is 4.01. The molecule has 0 radical (unpaired) electrons. The van der Waals surface area contributed by atoms with Gasteiger partial charge in [0.05, 0.1) is 0 Å². The van der Waals surface area contributed by atoms with Gasteiger partial charge in [-0.15, -0.1) is 0 Å². The number of aliphatic carboxylic acids is 1. The first-order valence-electron chi connectivity index (χ1n) is 5.13. The van der Waals surface area contributed by atoms with Crippen LogP contribution in [0.4, 0.5) is 5.82 Å². The highest BCUT2D eigenvalue weighted by Gasteiger charge is 2.36. The monoisotopic (exact) mass is 223 g/mol. The molecule has 0 amide bonds. The van der Waals surface area contributed by atoms with E-state index in [-0.39, 0.29) is 11.5 Å². The Bertz CT molecular complexity index is 465. The van der Waals surface area contributed by atoms with Crippen molar-refractivity contribution in [3.8, 4) is 0 Å². The molecule has 6 heteroatoms. The van der Waals surface area contributed by atoms with Crippen LogP contribution in [0, 0.1) is 12.8 Å². The highest BCUT2D eigenvalue weighted by Crippen LogP contribution is 2.34. The summed E-state index contributed by atoms with van der Waals surface area (Å²) in [6.45, 7) is 1.65. The molecule has 1 aliphatic rings. The molecule has 0 saturated heterocycles. The van der Waals surface area contributed by atoms with Gasteiger partial charge in [-0.05, 0) is 25.7 Å². The number of carboxylic acids is 1. The Balaban J connectivity index is 2.18. The molecule has 1 aliphatic carbocycles. The highest BCUT2D eigenvalue weighted by molar-refractivity contribution is 5.77. The van der Waals surface area contributed by atoms with E-state index in [0.29, 0.717) is 11.6 Å². The third-order valence-electron chi connectivity index (χ3n) is 2.52. The van der Waals surface area contributed by atoms with Crippen LogP contribution in [-0.4, -0.2) is 27.1 Å². The Morgan fingerprint density at radius 2 is 2.38 bits per heavy atom. The average Bonchev–Trinajstić information content (AvgIpc) is 2.95. The molecule has 0 spiro atoms. The van der Waals surface area contributed by atoms with Gasteiger partial charge in [-0.3, -0.25) is 4.79 Å². The van der Waals surface area contributed by atoms with E-state index in [2.05, 4.69) is 15.3 Å². The van der Waals surface area contributed by atoms with Crippen LogP contribution in [0.2, 0.25) is 0 Å². The summed E-state index contributed by atoms with van der Waals surface area (Å²) in [6.07, 6.45) is 1.82. The van der Waals surface area contributed by atoms with Crippen LogP contribution in [0.3, 0.4) is 0 Å². The Kier molecular flexibility index (Phi) is 2.64. The number of hydrogen-bond donors (Lipinski definition) is 3. The Hall–Kier alpha value is -1.85. The zero-order valence-electron chi connectivity index (χ0n) is 8.86. The SMILES string of the molecule is Cc1nc(NC(C(=O)O)C2CC2)cc(=O)[nH]1. The largest absolute Gasteiger partial charge is 0.480 e. The molecule has 1 aromatic rings. The maximum atomic E-state index is 11.2. The summed E-state index contributed by atoms with van der Waals surface area (Å²) in [7, 11) is 0. The van der Waals surface area contributed by atoms with Gasteiger partial charge in [-0.2, -0.15) is 0 Å². The number of carbonyl (C=O) groups is 1. The number of hydrogen-bond acceptors (Lipinski definition) is 4. The zero-order valence-corrected chi connectivity index (χ0v) is 8.86. The third kappa shape index (κ3) is 2.39. The number of nitrogens with one attached hydrogen (secondary N) is 2. The maximum absolute atomic E-state index is 11.2. The average molecular weight is 223 g/mol. The smallest absolute Gasteiger partial charge is 0.326 e. The van der Waals surface area contributed by atoms with Crippen molar-refractivity contribution in [3.05, 3.63) is 22.2 Å². The number of carboxylic acid groups (broad SMARTS) is 1. The van der Waals surface area contributed by atoms with Gasteiger partial charge in [-0.1, -0.05) is 0 Å². The van der Waals surface area contributed by atoms with E-state index in [1.54, 1.807) is 6.92 Å². The van der Waals surface area contributed by atoms with E-state index in [4.69, 9.17) is 5.11 Å². The van der Waals surface area contributed by atoms with Gasteiger partial charge in [0.15, 0.2) is 0 Å². The van der Waals surface area contributed by atoms with Gasteiger partial charge in [0.1, 0.15) is 17.7 Å². The molecule has 86 valence electrons. The molecule has 0 bridgehead atoms. The molecular formula is C10H13N3O3. The van der Waals surface area contributed by atoms with Gasteiger partial charge >= 0.3 is 5.97 Å². The first-order chi connectivity index (χ1) is 7.56. The molecule has 3 N–H and O–H groups in total. The maximum Gasteiger partial charge on any atom is 0.326 e. The van der Waals surface area contributed by atoms with Crippen molar-refractivity contribution in [2.24, 2.45) is 5.92 Å². The number of aryl methyl sites for hydroxylation is 1. The van der Waals surface area contributed by atoms with Crippen molar-refractivity contribution in [1.29, 1.82) is 0 Å². The fourth-order valence-corrected chi connectivity index (χ4v) is 1.62. The van der Waals surface area contributed by atoms with Gasteiger partial charge in [0.2, 0.25) is 0 Å². The van der Waals surface area contributed by atoms with Crippen LogP contribution in [0.25, 0.3) is 0 Å². The molecule has 1 atom stereocenters. The van der Waals surface area contributed by atoms with E-state index in [1.807, 2.05) is 0 Å². The van der Waals surface area contributed by atoms with Crippen LogP contribution >= 0.6 is 0 Å². The van der Waals surface area contributed by atoms with Crippen molar-refractivity contribution in [1.82, 2.24) is 9.97 Å². The van der Waals surface area contributed by atoms with Crippen molar-refractivity contribution in [3.63, 3.8) is 0 Å². The van der Waals surface area contributed by atoms with E-state index in [0.717, 1.165) is 12.8 Å². The Morgan fingerprint density at radius 3 is 2.88 bits per heavy atom. The zero-order chi connectivity index (χ0) is 11.7. The summed E-state index contributed by atoms with van der Waals surface area (Å²) in [6, 6.07) is 0.624. The molecule has 6 nitrogen and oxygen atoms in total. The van der Waals surface area contributed by atoms with Crippen molar-refractivity contribution in [2.75, 3.05) is 5.32 Å². The predicted molar refractivity (Wildman–Crippen MR) is 57.4 cm³/mol. The van der Waals surface area contributed by atoms with Crippen molar-refractivity contribution in [2.45, 2.75) is 25.8 Å². The second kappa shape index (κ2) is 3.96. The summed E-state index contributed by atoms with van der Waals surface area (Å²) in [5.41, 5.74) is -0.282. The lowest BCUT2D eigenvalue weighted by atomic mass is 10.2. The molecular weight excluding hydrogens is 210 g/mol. The van der Waals surface area contributed by atoms with Gasteiger partial charge in [-0.25, -0.2) is 9.78 Å². The highest BCUT2D eigenvalue weighted by atomic mass is 16.4. The first-order valence-corrected chi connectivity index (χ1v) is 5.13. The summed E-state index contributed by atoms with van der Waals surface area (Å²) >= 11 is 0. The second-order valence-corrected chi connectivity index (χ2v) is 4.01. The van der Waals surface area contributed by atoms with E-state index < -0.39 is 12.0 Å². The minimum absolute atomic E-state index is 0.152. The number of H-pyrrole nitrogens is 1. The van der Waals surface area contributed by atoms with Gasteiger partial charge < -0.3 is 15.4 Å². The summed E-state index contributed by atoms with van der Waals surface area (Å²) in [5.74, 6) is 0.0385. The third-order valence-corrected chi connectivity index (χ3v) is 2.52. The number of nitrogens with zero attached hydrogens (tertiary/aromatic N) is 1. The lowest BCUT2D eigenvalue weighted by molar-refractivity contribution is -0.138. The fourth-order valence-electron chi connectivity index (χ4n) is 1.62. The standard InChI is InChI=1S/C10H13N3O3/c1-5-11-7(4-8(14)12-5)13-9(10(15)16)6-2-3-6/h4,6,9H,2-3H2,1H3,(H,15,16)(H2,11,12,13,14). The quantitative estimate of drug-likeness (QED) is 0.684. The number of aromatic nitrogens is 2. The van der Waals surface area contributed by atoms with Crippen LogP contribution < -0.4 is 10.9 Å². The summed E-state index contributed by atoms with van der Waals surface area (Å²) in [4.78, 5) is 28.7. The van der Waals surface area contributed by atoms with Crippen molar-refractivity contribution < 1.29 is 9.90 Å². The number of anilines is 1. The number of rotatable bonds is 4. The van der Waals surface area contributed by atoms with E-state index in [1.165, 1.54) is 6.07 Å². The first kappa shape index (κ1) is 10.7. The predicted octanol–water partition coefficient (Wildman–Crippen LogP) is 0.353. The molecule has 0 aliphatic heterocycles. The van der Waals surface area contributed by atoms with Crippen LogP contribution in [0.1, 0.15) is 18.7 Å². The lowest BCUT2D eigenvalue weighted by Crippen LogP contribution is -2.32. The number of aromatic amines is 1. The molecule has 0 aromatic carbocycles. The summed E-state index contributed by atoms with van der Waals surface area (Å²) in [5, 5.41) is 11.8. The van der Waals surface area contributed by atoms with Gasteiger partial charge in [0.25, 0.3) is 5.56 Å². The molecule has 1 heterocycles. The molecule has 1 unspecified atom stereocenters. The van der Waals surface area contributed by atoms with Crippen molar-refractivity contribution >= 4 is 11.8 Å². The minimum Gasteiger partial charge on any atom is -0.480 e. The molecule has 1 aromatic heterocycles. The molecule has 1 saturated carbocycles. The molecule has 16 heavy (non-hydrogen) atoms. The Morgan fingerprint density at radius 1 is 1.69 bits per heavy atom. The lowest BCUT2D eigenvalue weighted by Gasteiger charge is -2.13. The topological polar surface area (TPSA) is 95.1 Å². The van der Waals surface area contributed by atoms with E-state index in [9.17, 15) is 9.59 Å².